The summed E-state index contributed by atoms with van der Waals surface area (Å²) in [5.41, 5.74) is 29.0. The molecule has 12 aromatic heterocycles. The van der Waals surface area contributed by atoms with Crippen LogP contribution in [0.25, 0.3) is 101 Å². The summed E-state index contributed by atoms with van der Waals surface area (Å²) in [6.07, 6.45) is 12.0. The molecule has 0 bridgehead atoms. The van der Waals surface area contributed by atoms with Crippen molar-refractivity contribution in [3.05, 3.63) is 108 Å². The fourth-order valence-electron chi connectivity index (χ4n) is 10.3. The molecule has 0 aliphatic carbocycles. The number of carbonyl (C=O) groups excluding carboxylic acids is 3. The van der Waals surface area contributed by atoms with E-state index in [9.17, 15) is 14.4 Å². The summed E-state index contributed by atoms with van der Waals surface area (Å²) in [6.45, 7) is 16.9. The van der Waals surface area contributed by atoms with Crippen molar-refractivity contribution in [1.29, 1.82) is 0 Å². The first-order valence-corrected chi connectivity index (χ1v) is 27.7. The van der Waals surface area contributed by atoms with Crippen LogP contribution in [0, 0.1) is 20.8 Å². The third-order valence-corrected chi connectivity index (χ3v) is 14.4. The van der Waals surface area contributed by atoms with Crippen molar-refractivity contribution in [2.24, 2.45) is 52.4 Å². The predicted octanol–water partition coefficient (Wildman–Crippen LogP) is 6.04. The van der Waals surface area contributed by atoms with Gasteiger partial charge < -0.3 is 35.6 Å². The van der Waals surface area contributed by atoms with Crippen molar-refractivity contribution >= 4 is 50.4 Å². The lowest BCUT2D eigenvalue weighted by atomic mass is 10.2. The summed E-state index contributed by atoms with van der Waals surface area (Å²) in [6, 6.07) is 11.1. The van der Waals surface area contributed by atoms with E-state index in [2.05, 4.69) is 70.9 Å². The summed E-state index contributed by atoms with van der Waals surface area (Å²) >= 11 is 0. The Morgan fingerprint density at radius 1 is 0.500 bits per heavy atom. The zero-order valence-electron chi connectivity index (χ0n) is 50.3. The van der Waals surface area contributed by atoms with Crippen molar-refractivity contribution in [3.63, 3.8) is 0 Å². The van der Waals surface area contributed by atoms with Gasteiger partial charge in [0.2, 0.25) is 0 Å². The maximum Gasteiger partial charge on any atom is 0.267 e. The molecular weight excluding hydrogens is 1100 g/mol. The van der Waals surface area contributed by atoms with Gasteiger partial charge in [0.05, 0.1) is 82.5 Å². The molecule has 0 fully saturated rings. The van der Waals surface area contributed by atoms with Crippen LogP contribution in [-0.2, 0) is 59.6 Å². The number of hydrogen-bond acceptors (Lipinski definition) is 16. The first kappa shape index (κ1) is 58.7. The van der Waals surface area contributed by atoms with Crippen molar-refractivity contribution in [3.8, 4) is 68.7 Å². The standard InChI is InChI=1S/C20H24N8O.C19H22N8O2.C19H22N8O/c1-6-28-17(7-12(4)25-28)15-10-27(11(2)3)20(24-15)18-13-9-22-26(5)16(13)8-14(23-18)19(21)29;1-11-7-16(27(24-11)5-6-29-4)14-10-25(2)19(23-14)17-12-9-21-26(3)15(12)8-13(22-17)18(20)28;1-5-6-27-16(7-11(2)24-27)14-10-25(3)19(23-14)17-12-9-21-26(4)15(12)8-13(22-17)18(20)28/h7-11H,6H2,1-5H3,(H2,21,29);7-10H,5-6H2,1-4H3,(H2,20,28);7-10H,5-6H2,1-4H3,(H2,20,28). The van der Waals surface area contributed by atoms with Gasteiger partial charge in [-0.1, -0.05) is 6.92 Å². The Labute approximate surface area is 493 Å². The molecule has 28 nitrogen and oxygen atoms in total. The lowest BCUT2D eigenvalue weighted by Crippen LogP contribution is -2.14. The zero-order chi connectivity index (χ0) is 61.6. The Hall–Kier alpha value is -10.5. The highest BCUT2D eigenvalue weighted by molar-refractivity contribution is 6.01. The van der Waals surface area contributed by atoms with E-state index in [0.29, 0.717) is 47.7 Å². The van der Waals surface area contributed by atoms with Crippen LogP contribution in [0.1, 0.15) is 88.7 Å². The Balaban J connectivity index is 0.000000143. The molecule has 28 heteroatoms. The highest BCUT2D eigenvalue weighted by Gasteiger charge is 2.25. The third-order valence-electron chi connectivity index (χ3n) is 14.4. The number of aromatic nitrogens is 21. The van der Waals surface area contributed by atoms with Gasteiger partial charge in [0.1, 0.15) is 51.2 Å². The van der Waals surface area contributed by atoms with Gasteiger partial charge in [0, 0.05) is 96.2 Å². The second-order valence-electron chi connectivity index (χ2n) is 21.1. The number of rotatable bonds is 16. The maximum atomic E-state index is 11.9. The number of nitrogens with zero attached hydrogens (tertiary/aromatic N) is 21. The average molecular weight is 1170 g/mol. The molecule has 0 aromatic carbocycles. The van der Waals surface area contributed by atoms with E-state index in [4.69, 9.17) is 36.9 Å². The van der Waals surface area contributed by atoms with E-state index >= 15 is 0 Å². The number of amides is 3. The van der Waals surface area contributed by atoms with Crippen LogP contribution in [0.4, 0.5) is 0 Å². The van der Waals surface area contributed by atoms with Gasteiger partial charge >= 0.3 is 0 Å². The molecule has 12 heterocycles. The number of methoxy groups -OCH3 is 1. The topological polar surface area (TPSA) is 338 Å². The van der Waals surface area contributed by atoms with Crippen LogP contribution in [0.2, 0.25) is 0 Å². The molecule has 0 unspecified atom stereocenters. The fourth-order valence-corrected chi connectivity index (χ4v) is 10.3. The minimum atomic E-state index is -0.600. The first-order valence-electron chi connectivity index (χ1n) is 27.7. The van der Waals surface area contributed by atoms with Crippen molar-refractivity contribution < 1.29 is 19.1 Å². The number of carbonyl (C=O) groups is 3. The average Bonchev–Trinajstić information content (AvgIpc) is 2.22. The van der Waals surface area contributed by atoms with E-state index in [-0.39, 0.29) is 23.1 Å². The SMILES string of the molecule is CCCn1nc(C)cc1-c1cn(C)c(-c2nc(C(N)=O)cc3c2cnn3C)n1.CCn1nc(C)cc1-c1cn(C(C)C)c(-c2nc(C(N)=O)cc3c2cnn3C)n1.COCCn1nc(C)cc1-c1cn(C)c(-c2nc(C(N)=O)cc3c2cnn3C)n1. The molecule has 3 amide bonds. The van der Waals surface area contributed by atoms with Gasteiger partial charge in [-0.2, -0.15) is 30.6 Å². The molecule has 0 aliphatic heterocycles. The highest BCUT2D eigenvalue weighted by atomic mass is 16.5. The number of aryl methyl sites for hydroxylation is 10. The first-order chi connectivity index (χ1) is 41.1. The quantitative estimate of drug-likeness (QED) is 0.0992. The molecule has 86 heavy (non-hydrogen) atoms. The number of fused-ring (bicyclic) bond motifs is 3. The lowest BCUT2D eigenvalue weighted by molar-refractivity contribution is 0.0987. The number of hydrogen-bond donors (Lipinski definition) is 3. The molecule has 0 radical (unpaired) electrons. The smallest absolute Gasteiger partial charge is 0.267 e. The van der Waals surface area contributed by atoms with Gasteiger partial charge in [-0.15, -0.1) is 0 Å². The van der Waals surface area contributed by atoms with E-state index in [1.54, 1.807) is 65.0 Å². The van der Waals surface area contributed by atoms with E-state index in [1.165, 1.54) is 0 Å². The number of primary amides is 3. The van der Waals surface area contributed by atoms with Gasteiger partial charge in [0.25, 0.3) is 17.7 Å². The molecule has 444 valence electrons. The van der Waals surface area contributed by atoms with E-state index in [0.717, 1.165) is 103 Å². The van der Waals surface area contributed by atoms with Gasteiger partial charge in [-0.05, 0) is 84.4 Å². The Morgan fingerprint density at radius 2 is 0.860 bits per heavy atom. The molecular formula is C58H68N24O4. The number of imidazole rings is 3. The minimum Gasteiger partial charge on any atom is -0.383 e. The molecule has 0 aliphatic rings. The summed E-state index contributed by atoms with van der Waals surface area (Å²) in [5.74, 6) is 0.137. The molecule has 0 saturated heterocycles. The largest absolute Gasteiger partial charge is 0.383 e. The van der Waals surface area contributed by atoms with Crippen molar-refractivity contribution in [2.75, 3.05) is 13.7 Å². The molecule has 0 spiro atoms. The maximum absolute atomic E-state index is 11.9. The zero-order valence-corrected chi connectivity index (χ0v) is 50.3. The van der Waals surface area contributed by atoms with E-state index in [1.807, 2.05) is 116 Å². The van der Waals surface area contributed by atoms with Crippen molar-refractivity contribution in [1.82, 2.24) is 102 Å². The Bertz CT molecular complexity index is 4550. The number of ether oxygens (including phenoxy) is 1. The van der Waals surface area contributed by atoms with E-state index < -0.39 is 17.7 Å². The van der Waals surface area contributed by atoms with Crippen LogP contribution in [-0.4, -0.2) is 134 Å². The van der Waals surface area contributed by atoms with Gasteiger partial charge in [0.15, 0.2) is 17.5 Å². The van der Waals surface area contributed by atoms with Crippen molar-refractivity contribution in [2.45, 2.75) is 80.6 Å². The molecule has 0 atom stereocenters. The molecule has 6 N–H and O–H groups in total. The molecule has 0 saturated carbocycles. The second kappa shape index (κ2) is 23.6. The van der Waals surface area contributed by atoms with Gasteiger partial charge in [-0.25, -0.2) is 29.9 Å². The summed E-state index contributed by atoms with van der Waals surface area (Å²) in [4.78, 5) is 63.5. The third kappa shape index (κ3) is 11.2. The van der Waals surface area contributed by atoms with Gasteiger partial charge in [-0.3, -0.25) is 42.5 Å². The van der Waals surface area contributed by atoms with Crippen LogP contribution in [0.3, 0.4) is 0 Å². The van der Waals surface area contributed by atoms with Crippen LogP contribution in [0.15, 0.2) is 73.6 Å². The number of pyridine rings is 3. The number of nitrogens with two attached hydrogens (primary N) is 3. The fraction of sp³-hybridized carbons (Fsp3) is 0.328. The van der Waals surface area contributed by atoms with Crippen LogP contribution in [0.5, 0.6) is 0 Å². The Morgan fingerprint density at radius 3 is 1.23 bits per heavy atom. The Kier molecular flexibility index (Phi) is 16.1. The van der Waals surface area contributed by atoms with Crippen LogP contribution >= 0.6 is 0 Å². The predicted molar refractivity (Wildman–Crippen MR) is 323 cm³/mol. The second-order valence-corrected chi connectivity index (χ2v) is 21.1. The summed E-state index contributed by atoms with van der Waals surface area (Å²) in [7, 11) is 10.9. The van der Waals surface area contributed by atoms with Crippen LogP contribution < -0.4 is 17.2 Å². The summed E-state index contributed by atoms with van der Waals surface area (Å²) in [5, 5.41) is 28.9. The summed E-state index contributed by atoms with van der Waals surface area (Å²) < 4.78 is 21.8. The highest BCUT2D eigenvalue weighted by Crippen LogP contribution is 2.34. The minimum absolute atomic E-state index is 0.135. The monoisotopic (exact) mass is 1160 g/mol. The normalized spacial score (nSPS) is 11.5. The molecule has 12 aromatic rings. The lowest BCUT2D eigenvalue weighted by Gasteiger charge is -2.12. The molecule has 12 rings (SSSR count).